The molecule has 0 radical (unpaired) electrons. The molecule has 3 rings (SSSR count). The van der Waals surface area contributed by atoms with E-state index in [1.54, 1.807) is 41.6 Å². The second-order valence-electron chi connectivity index (χ2n) is 6.17. The summed E-state index contributed by atoms with van der Waals surface area (Å²) in [6.45, 7) is 1.19. The molecule has 1 saturated heterocycles. The van der Waals surface area contributed by atoms with Gasteiger partial charge in [-0.2, -0.15) is 0 Å². The highest BCUT2D eigenvalue weighted by Crippen LogP contribution is 2.14. The van der Waals surface area contributed by atoms with Gasteiger partial charge in [0.15, 0.2) is 0 Å². The maximum atomic E-state index is 13.2. The van der Waals surface area contributed by atoms with Gasteiger partial charge in [-0.25, -0.2) is 4.39 Å². The number of benzene rings is 1. The van der Waals surface area contributed by atoms with Gasteiger partial charge in [-0.05, 0) is 42.7 Å². The van der Waals surface area contributed by atoms with Crippen molar-refractivity contribution in [3.63, 3.8) is 0 Å². The quantitative estimate of drug-likeness (QED) is 0.927. The Bertz CT molecular complexity index is 743. The number of pyridine rings is 1. The van der Waals surface area contributed by atoms with E-state index in [2.05, 4.69) is 10.3 Å². The van der Waals surface area contributed by atoms with Gasteiger partial charge < -0.3 is 10.2 Å². The van der Waals surface area contributed by atoms with Crippen molar-refractivity contribution in [3.05, 3.63) is 65.7 Å². The number of amides is 2. The number of carbonyl (C=O) groups excluding carboxylic acids is 2. The highest BCUT2D eigenvalue weighted by Gasteiger charge is 2.24. The molecule has 0 saturated carbocycles. The van der Waals surface area contributed by atoms with Crippen LogP contribution in [0.15, 0.2) is 48.8 Å². The first-order valence-electron chi connectivity index (χ1n) is 8.35. The molecule has 25 heavy (non-hydrogen) atoms. The number of hydrogen-bond acceptors (Lipinski definition) is 3. The number of rotatable bonds is 4. The van der Waals surface area contributed by atoms with Crippen molar-refractivity contribution in [3.8, 4) is 0 Å². The lowest BCUT2D eigenvalue weighted by atomic mass is 10.0. The van der Waals surface area contributed by atoms with Gasteiger partial charge in [0.1, 0.15) is 5.82 Å². The molecule has 1 fully saturated rings. The number of nitrogens with one attached hydrogen (secondary N) is 1. The summed E-state index contributed by atoms with van der Waals surface area (Å²) in [5, 5.41) is 3.00. The Morgan fingerprint density at radius 2 is 1.88 bits per heavy atom. The number of likely N-dealkylation sites (tertiary alicyclic amines) is 1. The topological polar surface area (TPSA) is 62.3 Å². The molecule has 2 aromatic rings. The Morgan fingerprint density at radius 1 is 1.16 bits per heavy atom. The average molecular weight is 341 g/mol. The van der Waals surface area contributed by atoms with Crippen molar-refractivity contribution in [2.24, 2.45) is 0 Å². The Morgan fingerprint density at radius 3 is 2.56 bits per heavy atom. The molecular weight excluding hydrogens is 321 g/mol. The number of aromatic nitrogens is 1. The molecule has 0 unspecified atom stereocenters. The van der Waals surface area contributed by atoms with Crippen molar-refractivity contribution in [1.29, 1.82) is 0 Å². The van der Waals surface area contributed by atoms with Crippen LogP contribution < -0.4 is 5.32 Å². The number of halogens is 1. The van der Waals surface area contributed by atoms with Gasteiger partial charge in [-0.15, -0.1) is 0 Å². The Balaban J connectivity index is 1.48. The highest BCUT2D eigenvalue weighted by atomic mass is 19.1. The molecule has 0 bridgehead atoms. The Hall–Kier alpha value is -2.76. The molecule has 130 valence electrons. The molecule has 1 N–H and O–H groups in total. The van der Waals surface area contributed by atoms with Crippen molar-refractivity contribution in [2.75, 3.05) is 13.1 Å². The van der Waals surface area contributed by atoms with E-state index in [4.69, 9.17) is 0 Å². The summed E-state index contributed by atoms with van der Waals surface area (Å²) in [6.07, 6.45) is 4.80. The van der Waals surface area contributed by atoms with E-state index in [1.165, 1.54) is 12.1 Å². The molecule has 1 aromatic carbocycles. The maximum absolute atomic E-state index is 13.2. The predicted octanol–water partition coefficient (Wildman–Crippen LogP) is 2.18. The first kappa shape index (κ1) is 17.1. The molecule has 1 aliphatic rings. The summed E-state index contributed by atoms with van der Waals surface area (Å²) in [6, 6.07) is 9.52. The Kier molecular flexibility index (Phi) is 5.38. The summed E-state index contributed by atoms with van der Waals surface area (Å²) in [4.78, 5) is 30.2. The maximum Gasteiger partial charge on any atom is 0.251 e. The number of hydrogen-bond donors (Lipinski definition) is 1. The van der Waals surface area contributed by atoms with Gasteiger partial charge in [0.05, 0.1) is 6.42 Å². The fraction of sp³-hybridized carbons (Fsp3) is 0.316. The van der Waals surface area contributed by atoms with Crippen LogP contribution in [0.3, 0.4) is 0 Å². The van der Waals surface area contributed by atoms with E-state index in [1.807, 2.05) is 0 Å². The lowest BCUT2D eigenvalue weighted by Gasteiger charge is -2.32. The van der Waals surface area contributed by atoms with E-state index < -0.39 is 0 Å². The van der Waals surface area contributed by atoms with Crippen LogP contribution in [0, 0.1) is 5.82 Å². The summed E-state index contributed by atoms with van der Waals surface area (Å²) >= 11 is 0. The van der Waals surface area contributed by atoms with Gasteiger partial charge in [0, 0.05) is 37.1 Å². The summed E-state index contributed by atoms with van der Waals surface area (Å²) in [7, 11) is 0. The molecule has 6 heteroatoms. The lowest BCUT2D eigenvalue weighted by Crippen LogP contribution is -2.47. The molecule has 0 atom stereocenters. The van der Waals surface area contributed by atoms with E-state index in [9.17, 15) is 14.0 Å². The molecule has 2 amide bonds. The molecule has 0 aliphatic carbocycles. The van der Waals surface area contributed by atoms with Crippen molar-refractivity contribution >= 4 is 11.8 Å². The van der Waals surface area contributed by atoms with Gasteiger partial charge in [-0.1, -0.05) is 12.1 Å². The average Bonchev–Trinajstić information content (AvgIpc) is 2.63. The SMILES string of the molecule is O=C(NC1CCN(C(=O)Cc2cccc(F)c2)CC1)c1ccncc1. The molecular formula is C19H20FN3O2. The van der Waals surface area contributed by atoms with Gasteiger partial charge in [0.25, 0.3) is 5.91 Å². The van der Waals surface area contributed by atoms with Crippen LogP contribution in [0.25, 0.3) is 0 Å². The van der Waals surface area contributed by atoms with E-state index in [0.717, 1.165) is 0 Å². The van der Waals surface area contributed by atoms with Crippen LogP contribution in [0.5, 0.6) is 0 Å². The number of nitrogens with zero attached hydrogens (tertiary/aromatic N) is 2. The zero-order valence-electron chi connectivity index (χ0n) is 13.8. The minimum atomic E-state index is -0.331. The molecule has 1 aliphatic heterocycles. The number of carbonyl (C=O) groups is 2. The van der Waals surface area contributed by atoms with E-state index >= 15 is 0 Å². The summed E-state index contributed by atoms with van der Waals surface area (Å²) in [5.41, 5.74) is 1.26. The third kappa shape index (κ3) is 4.62. The van der Waals surface area contributed by atoms with E-state index in [-0.39, 0.29) is 30.1 Å². The minimum Gasteiger partial charge on any atom is -0.349 e. The van der Waals surface area contributed by atoms with Crippen LogP contribution in [0.4, 0.5) is 4.39 Å². The zero-order valence-corrected chi connectivity index (χ0v) is 13.8. The fourth-order valence-corrected chi connectivity index (χ4v) is 2.98. The third-order valence-corrected chi connectivity index (χ3v) is 4.37. The van der Waals surface area contributed by atoms with Gasteiger partial charge in [-0.3, -0.25) is 14.6 Å². The monoisotopic (exact) mass is 341 g/mol. The molecule has 0 spiro atoms. The zero-order chi connectivity index (χ0) is 17.6. The van der Waals surface area contributed by atoms with Crippen molar-refractivity contribution in [2.45, 2.75) is 25.3 Å². The van der Waals surface area contributed by atoms with Gasteiger partial charge >= 0.3 is 0 Å². The normalized spacial score (nSPS) is 15.0. The van der Waals surface area contributed by atoms with Crippen LogP contribution in [0.1, 0.15) is 28.8 Å². The first-order chi connectivity index (χ1) is 12.1. The van der Waals surface area contributed by atoms with Crippen LogP contribution in [-0.4, -0.2) is 40.8 Å². The molecule has 2 heterocycles. The van der Waals surface area contributed by atoms with E-state index in [0.29, 0.717) is 37.1 Å². The molecule has 5 nitrogen and oxygen atoms in total. The highest BCUT2D eigenvalue weighted by molar-refractivity contribution is 5.94. The van der Waals surface area contributed by atoms with Gasteiger partial charge in [0.2, 0.25) is 5.91 Å². The second-order valence-corrected chi connectivity index (χ2v) is 6.17. The van der Waals surface area contributed by atoms with Crippen LogP contribution >= 0.6 is 0 Å². The third-order valence-electron chi connectivity index (χ3n) is 4.37. The van der Waals surface area contributed by atoms with Crippen molar-refractivity contribution < 1.29 is 14.0 Å². The first-order valence-corrected chi connectivity index (χ1v) is 8.35. The fourth-order valence-electron chi connectivity index (χ4n) is 2.98. The largest absolute Gasteiger partial charge is 0.349 e. The summed E-state index contributed by atoms with van der Waals surface area (Å²) < 4.78 is 13.2. The number of piperidine rings is 1. The predicted molar refractivity (Wildman–Crippen MR) is 91.4 cm³/mol. The van der Waals surface area contributed by atoms with Crippen LogP contribution in [-0.2, 0) is 11.2 Å². The lowest BCUT2D eigenvalue weighted by molar-refractivity contribution is -0.131. The standard InChI is InChI=1S/C19H20FN3O2/c20-16-3-1-2-14(12-16)13-18(24)23-10-6-17(7-11-23)22-19(25)15-4-8-21-9-5-15/h1-5,8-9,12,17H,6-7,10-11,13H2,(H,22,25). The summed E-state index contributed by atoms with van der Waals surface area (Å²) in [5.74, 6) is -0.459. The molecule has 1 aromatic heterocycles. The Labute approximate surface area is 145 Å². The minimum absolute atomic E-state index is 0.00971. The smallest absolute Gasteiger partial charge is 0.251 e. The van der Waals surface area contributed by atoms with Crippen LogP contribution in [0.2, 0.25) is 0 Å². The second kappa shape index (κ2) is 7.88. The van der Waals surface area contributed by atoms with Crippen molar-refractivity contribution in [1.82, 2.24) is 15.2 Å².